The second kappa shape index (κ2) is 7.75. The number of fused-ring (bicyclic) bond motifs is 1. The number of anilines is 2. The Hall–Kier alpha value is -2.74. The number of hydrogen-bond acceptors (Lipinski definition) is 4. The van der Waals surface area contributed by atoms with E-state index in [1.807, 2.05) is 30.3 Å². The molecule has 0 aliphatic carbocycles. The van der Waals surface area contributed by atoms with Crippen molar-refractivity contribution in [1.29, 1.82) is 0 Å². The normalized spacial score (nSPS) is 22.9. The number of carbonyl (C=O) groups excluding carboxylic acids is 2. The fourth-order valence-electron chi connectivity index (χ4n) is 4.09. The molecule has 2 aliphatic heterocycles. The predicted octanol–water partition coefficient (Wildman–Crippen LogP) is 5.29. The highest BCUT2D eigenvalue weighted by Crippen LogP contribution is 2.48. The third-order valence-corrected chi connectivity index (χ3v) is 6.36. The fraction of sp³-hybridized carbons (Fsp3) is 0.130. The van der Waals surface area contributed by atoms with E-state index in [-0.39, 0.29) is 10.4 Å². The highest BCUT2D eigenvalue weighted by atomic mass is 79.9. The fourth-order valence-corrected chi connectivity index (χ4v) is 4.62. The molecule has 2 heterocycles. The Balaban J connectivity index is 1.60. The summed E-state index contributed by atoms with van der Waals surface area (Å²) in [5.41, 5.74) is 1.78. The minimum Gasteiger partial charge on any atom is -0.273 e. The van der Waals surface area contributed by atoms with Gasteiger partial charge in [-0.2, -0.15) is 0 Å². The van der Waals surface area contributed by atoms with Crippen LogP contribution in [0.5, 0.6) is 0 Å². The van der Waals surface area contributed by atoms with Gasteiger partial charge in [0.2, 0.25) is 5.91 Å². The number of benzene rings is 3. The molecular formula is C23H15BrClFN2O3. The molecule has 0 bridgehead atoms. The van der Waals surface area contributed by atoms with Crippen molar-refractivity contribution in [3.8, 4) is 0 Å². The van der Waals surface area contributed by atoms with E-state index in [0.717, 1.165) is 4.90 Å². The van der Waals surface area contributed by atoms with Gasteiger partial charge in [-0.05, 0) is 70.0 Å². The number of halogens is 3. The molecule has 0 radical (unpaired) electrons. The third-order valence-electron chi connectivity index (χ3n) is 5.50. The van der Waals surface area contributed by atoms with Crippen molar-refractivity contribution in [3.05, 3.63) is 93.7 Å². The van der Waals surface area contributed by atoms with Gasteiger partial charge in [-0.15, -0.1) is 0 Å². The summed E-state index contributed by atoms with van der Waals surface area (Å²) in [6, 6.07) is 19.6. The van der Waals surface area contributed by atoms with Crippen molar-refractivity contribution in [1.82, 2.24) is 0 Å². The zero-order valence-electron chi connectivity index (χ0n) is 15.9. The quantitative estimate of drug-likeness (QED) is 0.458. The van der Waals surface area contributed by atoms with E-state index in [1.165, 1.54) is 6.07 Å². The van der Waals surface area contributed by atoms with Crippen LogP contribution in [-0.2, 0) is 14.4 Å². The molecule has 0 saturated carbocycles. The van der Waals surface area contributed by atoms with Crippen LogP contribution in [0, 0.1) is 11.7 Å². The van der Waals surface area contributed by atoms with Crippen LogP contribution in [0.1, 0.15) is 11.6 Å². The molecule has 156 valence electrons. The lowest BCUT2D eigenvalue weighted by Crippen LogP contribution is -2.37. The maximum Gasteiger partial charge on any atom is 0.266 e. The summed E-state index contributed by atoms with van der Waals surface area (Å²) in [4.78, 5) is 33.9. The van der Waals surface area contributed by atoms with Gasteiger partial charge in [-0.3, -0.25) is 14.4 Å². The van der Waals surface area contributed by atoms with Gasteiger partial charge in [-0.1, -0.05) is 35.9 Å². The largest absolute Gasteiger partial charge is 0.273 e. The maximum absolute atomic E-state index is 13.9. The summed E-state index contributed by atoms with van der Waals surface area (Å²) in [5.74, 6) is -2.02. The number of hydrogen-bond donors (Lipinski definition) is 0. The first-order valence-electron chi connectivity index (χ1n) is 9.55. The number of amides is 2. The number of para-hydroxylation sites is 1. The van der Waals surface area contributed by atoms with Crippen molar-refractivity contribution in [3.63, 3.8) is 0 Å². The lowest BCUT2D eigenvalue weighted by atomic mass is 9.90. The average molecular weight is 502 g/mol. The Morgan fingerprint density at radius 2 is 1.61 bits per heavy atom. The molecule has 5 rings (SSSR count). The van der Waals surface area contributed by atoms with Gasteiger partial charge in [0.05, 0.1) is 21.9 Å². The van der Waals surface area contributed by atoms with Gasteiger partial charge in [0.1, 0.15) is 11.7 Å². The molecule has 3 aromatic carbocycles. The summed E-state index contributed by atoms with van der Waals surface area (Å²) >= 11 is 9.16. The maximum atomic E-state index is 13.9. The summed E-state index contributed by atoms with van der Waals surface area (Å²) in [7, 11) is 0. The lowest BCUT2D eigenvalue weighted by molar-refractivity contribution is -0.126. The lowest BCUT2D eigenvalue weighted by Gasteiger charge is -2.29. The molecule has 5 nitrogen and oxygen atoms in total. The van der Waals surface area contributed by atoms with E-state index < -0.39 is 29.8 Å². The number of imide groups is 1. The van der Waals surface area contributed by atoms with Crippen LogP contribution in [0.25, 0.3) is 0 Å². The molecule has 2 aliphatic rings. The van der Waals surface area contributed by atoms with Crippen LogP contribution in [0.3, 0.4) is 0 Å². The highest BCUT2D eigenvalue weighted by molar-refractivity contribution is 9.10. The van der Waals surface area contributed by atoms with Gasteiger partial charge < -0.3 is 0 Å². The van der Waals surface area contributed by atoms with E-state index in [9.17, 15) is 14.0 Å². The number of hydroxylamine groups is 1. The van der Waals surface area contributed by atoms with Gasteiger partial charge >= 0.3 is 0 Å². The SMILES string of the molecule is O=C1[C@@H]2[C@H](ON(c3ccccc3)[C@H]2c2ccc(F)c(Br)c2)C(=O)N1c1ccc(Cl)cc1. The summed E-state index contributed by atoms with van der Waals surface area (Å²) < 4.78 is 14.2. The first-order valence-corrected chi connectivity index (χ1v) is 10.7. The molecule has 0 unspecified atom stereocenters. The molecule has 3 aromatic rings. The highest BCUT2D eigenvalue weighted by Gasteiger charge is 2.60. The minimum absolute atomic E-state index is 0.271. The van der Waals surface area contributed by atoms with Gasteiger partial charge in [0.15, 0.2) is 6.10 Å². The molecule has 8 heteroatoms. The molecule has 0 aromatic heterocycles. The molecule has 0 spiro atoms. The zero-order chi connectivity index (χ0) is 21.7. The van der Waals surface area contributed by atoms with Crippen molar-refractivity contribution in [2.75, 3.05) is 9.96 Å². The molecule has 2 saturated heterocycles. The second-order valence-corrected chi connectivity index (χ2v) is 8.61. The van der Waals surface area contributed by atoms with Gasteiger partial charge in [0.25, 0.3) is 5.91 Å². The number of nitrogens with zero attached hydrogens (tertiary/aromatic N) is 2. The Morgan fingerprint density at radius 3 is 2.29 bits per heavy atom. The molecule has 3 atom stereocenters. The number of rotatable bonds is 3. The van der Waals surface area contributed by atoms with E-state index in [2.05, 4.69) is 15.9 Å². The standard InChI is InChI=1S/C23H15BrClFN2O3/c24-17-12-13(6-11-18(17)26)20-19-21(31-28(20)16-4-2-1-3-5-16)23(30)27(22(19)29)15-9-7-14(25)8-10-15/h1-12,19-21H/t19-,20-,21-/m0/s1. The topological polar surface area (TPSA) is 49.9 Å². The monoisotopic (exact) mass is 500 g/mol. The van der Waals surface area contributed by atoms with Crippen molar-refractivity contribution in [2.24, 2.45) is 5.92 Å². The van der Waals surface area contributed by atoms with Crippen LogP contribution >= 0.6 is 27.5 Å². The van der Waals surface area contributed by atoms with Crippen molar-refractivity contribution < 1.29 is 18.8 Å². The van der Waals surface area contributed by atoms with E-state index in [1.54, 1.807) is 41.5 Å². The molecule has 0 N–H and O–H groups in total. The van der Waals surface area contributed by atoms with E-state index >= 15 is 0 Å². The second-order valence-electron chi connectivity index (χ2n) is 7.32. The molecule has 31 heavy (non-hydrogen) atoms. The smallest absolute Gasteiger partial charge is 0.266 e. The van der Waals surface area contributed by atoms with Crippen LogP contribution in [0.4, 0.5) is 15.8 Å². The average Bonchev–Trinajstić information content (AvgIpc) is 3.28. The van der Waals surface area contributed by atoms with Gasteiger partial charge in [0, 0.05) is 5.02 Å². The predicted molar refractivity (Wildman–Crippen MR) is 118 cm³/mol. The Labute approximate surface area is 191 Å². The number of carbonyl (C=O) groups is 2. The summed E-state index contributed by atoms with van der Waals surface area (Å²) in [6.45, 7) is 0. The van der Waals surface area contributed by atoms with Gasteiger partial charge in [-0.25, -0.2) is 14.4 Å². The van der Waals surface area contributed by atoms with Crippen LogP contribution < -0.4 is 9.96 Å². The minimum atomic E-state index is -0.989. The summed E-state index contributed by atoms with van der Waals surface area (Å²) in [6.07, 6.45) is -0.989. The molecule has 2 amide bonds. The van der Waals surface area contributed by atoms with Crippen molar-refractivity contribution in [2.45, 2.75) is 12.1 Å². The van der Waals surface area contributed by atoms with E-state index in [0.29, 0.717) is 22.0 Å². The molecule has 2 fully saturated rings. The molecular weight excluding hydrogens is 487 g/mol. The van der Waals surface area contributed by atoms with Crippen LogP contribution in [-0.4, -0.2) is 17.9 Å². The zero-order valence-corrected chi connectivity index (χ0v) is 18.3. The Kier molecular flexibility index (Phi) is 5.04. The van der Waals surface area contributed by atoms with E-state index in [4.69, 9.17) is 16.4 Å². The van der Waals surface area contributed by atoms with Crippen molar-refractivity contribution >= 4 is 50.7 Å². The summed E-state index contributed by atoms with van der Waals surface area (Å²) in [5, 5.41) is 2.08. The first-order chi connectivity index (χ1) is 15.0. The Morgan fingerprint density at radius 1 is 0.903 bits per heavy atom. The Bertz CT molecular complexity index is 1180. The third kappa shape index (κ3) is 3.33. The van der Waals surface area contributed by atoms with Crippen LogP contribution in [0.2, 0.25) is 5.02 Å². The first kappa shape index (κ1) is 20.2. The van der Waals surface area contributed by atoms with Crippen LogP contribution in [0.15, 0.2) is 77.3 Å².